The second-order valence-corrected chi connectivity index (χ2v) is 5.64. The van der Waals surface area contributed by atoms with Crippen LogP contribution in [0.15, 0.2) is 41.2 Å². The van der Waals surface area contributed by atoms with Gasteiger partial charge in [-0.3, -0.25) is 9.78 Å². The molecule has 3 aromatic heterocycles. The molecule has 0 aliphatic carbocycles. The standard InChI is InChI=1S/C16H11ClN4O2/c1-8-4-13(21-23-8)16(22)20-12-6-9(17)5-11-10-2-3-18-7-14(10)19-15(11)12/h2-7,19H,1H3,(H,20,22). The van der Waals surface area contributed by atoms with Crippen LogP contribution in [-0.2, 0) is 0 Å². The zero-order valence-electron chi connectivity index (χ0n) is 12.1. The van der Waals surface area contributed by atoms with Gasteiger partial charge >= 0.3 is 0 Å². The number of nitrogens with one attached hydrogen (secondary N) is 2. The largest absolute Gasteiger partial charge is 0.361 e. The van der Waals surface area contributed by atoms with E-state index in [1.807, 2.05) is 12.1 Å². The lowest BCUT2D eigenvalue weighted by Gasteiger charge is -2.05. The van der Waals surface area contributed by atoms with Crippen LogP contribution in [0.1, 0.15) is 16.2 Å². The first-order valence-electron chi connectivity index (χ1n) is 6.91. The number of fused-ring (bicyclic) bond motifs is 3. The topological polar surface area (TPSA) is 83.8 Å². The van der Waals surface area contributed by atoms with E-state index in [0.717, 1.165) is 21.8 Å². The molecule has 0 bridgehead atoms. The predicted octanol–water partition coefficient (Wildman–Crippen LogP) is 3.92. The number of anilines is 1. The molecular weight excluding hydrogens is 316 g/mol. The molecule has 0 aliphatic rings. The number of hydrogen-bond donors (Lipinski definition) is 2. The zero-order chi connectivity index (χ0) is 16.0. The summed E-state index contributed by atoms with van der Waals surface area (Å²) in [6, 6.07) is 7.02. The minimum atomic E-state index is -0.359. The Morgan fingerprint density at radius 2 is 2.17 bits per heavy atom. The van der Waals surface area contributed by atoms with E-state index in [4.69, 9.17) is 16.1 Å². The Hall–Kier alpha value is -2.86. The summed E-state index contributed by atoms with van der Waals surface area (Å²) in [5.74, 6) is 0.213. The van der Waals surface area contributed by atoms with Crippen molar-refractivity contribution in [3.05, 3.63) is 53.1 Å². The van der Waals surface area contributed by atoms with Gasteiger partial charge in [-0.15, -0.1) is 0 Å². The molecule has 0 atom stereocenters. The monoisotopic (exact) mass is 326 g/mol. The quantitative estimate of drug-likeness (QED) is 0.584. The summed E-state index contributed by atoms with van der Waals surface area (Å²) < 4.78 is 4.93. The van der Waals surface area contributed by atoms with Crippen molar-refractivity contribution in [3.63, 3.8) is 0 Å². The Morgan fingerprint density at radius 3 is 2.96 bits per heavy atom. The van der Waals surface area contributed by atoms with Crippen LogP contribution in [0.3, 0.4) is 0 Å². The Morgan fingerprint density at radius 1 is 1.30 bits per heavy atom. The average molecular weight is 327 g/mol. The number of carbonyl (C=O) groups excluding carboxylic acids is 1. The van der Waals surface area contributed by atoms with Gasteiger partial charge in [0.1, 0.15) is 5.76 Å². The van der Waals surface area contributed by atoms with Gasteiger partial charge in [0.15, 0.2) is 5.69 Å². The van der Waals surface area contributed by atoms with Crippen LogP contribution >= 0.6 is 11.6 Å². The third-order valence-electron chi connectivity index (χ3n) is 3.58. The van der Waals surface area contributed by atoms with Crippen LogP contribution in [0.5, 0.6) is 0 Å². The number of hydrogen-bond acceptors (Lipinski definition) is 4. The maximum absolute atomic E-state index is 12.3. The molecule has 1 amide bonds. The van der Waals surface area contributed by atoms with E-state index >= 15 is 0 Å². The summed E-state index contributed by atoms with van der Waals surface area (Å²) >= 11 is 6.20. The highest BCUT2D eigenvalue weighted by Gasteiger charge is 2.15. The number of aromatic nitrogens is 3. The predicted molar refractivity (Wildman–Crippen MR) is 87.8 cm³/mol. The van der Waals surface area contributed by atoms with Gasteiger partial charge in [0.05, 0.1) is 22.9 Å². The van der Waals surface area contributed by atoms with Crippen LogP contribution in [0, 0.1) is 6.92 Å². The maximum atomic E-state index is 12.3. The van der Waals surface area contributed by atoms with Crippen LogP contribution in [0.25, 0.3) is 21.8 Å². The number of aromatic amines is 1. The summed E-state index contributed by atoms with van der Waals surface area (Å²) in [7, 11) is 0. The molecule has 0 fully saturated rings. The number of benzene rings is 1. The first-order chi connectivity index (χ1) is 11.1. The molecule has 0 saturated heterocycles. The zero-order valence-corrected chi connectivity index (χ0v) is 12.8. The minimum Gasteiger partial charge on any atom is -0.361 e. The number of pyridine rings is 1. The fourth-order valence-corrected chi connectivity index (χ4v) is 2.79. The van der Waals surface area contributed by atoms with Gasteiger partial charge in [0, 0.05) is 28.1 Å². The maximum Gasteiger partial charge on any atom is 0.277 e. The van der Waals surface area contributed by atoms with Crippen molar-refractivity contribution < 1.29 is 9.32 Å². The van der Waals surface area contributed by atoms with E-state index in [1.54, 1.807) is 31.5 Å². The number of aryl methyl sites for hydroxylation is 1. The average Bonchev–Trinajstić information content (AvgIpc) is 3.11. The molecule has 0 spiro atoms. The van der Waals surface area contributed by atoms with E-state index < -0.39 is 0 Å². The molecule has 0 saturated carbocycles. The number of rotatable bonds is 2. The van der Waals surface area contributed by atoms with Crippen LogP contribution < -0.4 is 5.32 Å². The first kappa shape index (κ1) is 13.8. The van der Waals surface area contributed by atoms with Crippen molar-refractivity contribution in [2.45, 2.75) is 6.92 Å². The molecule has 0 aliphatic heterocycles. The van der Waals surface area contributed by atoms with Crippen molar-refractivity contribution in [2.75, 3.05) is 5.32 Å². The van der Waals surface area contributed by atoms with Gasteiger partial charge in [-0.2, -0.15) is 0 Å². The van der Waals surface area contributed by atoms with E-state index in [2.05, 4.69) is 20.4 Å². The minimum absolute atomic E-state index is 0.216. The molecule has 23 heavy (non-hydrogen) atoms. The van der Waals surface area contributed by atoms with Crippen molar-refractivity contribution in [1.82, 2.24) is 15.1 Å². The van der Waals surface area contributed by atoms with E-state index in [-0.39, 0.29) is 11.6 Å². The summed E-state index contributed by atoms with van der Waals surface area (Å²) in [5.41, 5.74) is 2.45. The van der Waals surface area contributed by atoms with Crippen LogP contribution in [0.4, 0.5) is 5.69 Å². The lowest BCUT2D eigenvalue weighted by atomic mass is 10.1. The number of carbonyl (C=O) groups is 1. The second-order valence-electron chi connectivity index (χ2n) is 5.20. The molecule has 1 aromatic carbocycles. The highest BCUT2D eigenvalue weighted by molar-refractivity contribution is 6.33. The van der Waals surface area contributed by atoms with Crippen LogP contribution in [0.2, 0.25) is 5.02 Å². The number of amides is 1. The van der Waals surface area contributed by atoms with Gasteiger partial charge in [-0.05, 0) is 25.1 Å². The molecule has 0 unspecified atom stereocenters. The summed E-state index contributed by atoms with van der Waals surface area (Å²) in [4.78, 5) is 19.6. The number of halogens is 1. The number of nitrogens with zero attached hydrogens (tertiary/aromatic N) is 2. The Labute approximate surface area is 135 Å². The Kier molecular flexibility index (Phi) is 3.06. The van der Waals surface area contributed by atoms with Crippen molar-refractivity contribution >= 4 is 45.0 Å². The van der Waals surface area contributed by atoms with Gasteiger partial charge < -0.3 is 14.8 Å². The highest BCUT2D eigenvalue weighted by Crippen LogP contribution is 2.33. The lowest BCUT2D eigenvalue weighted by Crippen LogP contribution is -2.12. The fraction of sp³-hybridized carbons (Fsp3) is 0.0625. The molecule has 0 radical (unpaired) electrons. The molecule has 114 valence electrons. The van der Waals surface area contributed by atoms with Crippen molar-refractivity contribution in [1.29, 1.82) is 0 Å². The number of H-pyrrole nitrogens is 1. The Balaban J connectivity index is 1.84. The molecule has 4 rings (SSSR count). The van der Waals surface area contributed by atoms with E-state index in [9.17, 15) is 4.79 Å². The SMILES string of the molecule is Cc1cc(C(=O)Nc2cc(Cl)cc3c2[nH]c2cnccc23)no1. The second kappa shape index (κ2) is 5.10. The smallest absolute Gasteiger partial charge is 0.277 e. The normalized spacial score (nSPS) is 11.2. The van der Waals surface area contributed by atoms with Crippen molar-refractivity contribution in [3.8, 4) is 0 Å². The third kappa shape index (κ3) is 2.33. The summed E-state index contributed by atoms with van der Waals surface area (Å²) in [5, 5.41) is 8.97. The molecular formula is C16H11ClN4O2. The first-order valence-corrected chi connectivity index (χ1v) is 7.29. The van der Waals surface area contributed by atoms with Gasteiger partial charge in [0.25, 0.3) is 5.91 Å². The highest BCUT2D eigenvalue weighted by atomic mass is 35.5. The fourth-order valence-electron chi connectivity index (χ4n) is 2.58. The summed E-state index contributed by atoms with van der Waals surface area (Å²) in [6.07, 6.45) is 3.45. The molecule has 7 heteroatoms. The van der Waals surface area contributed by atoms with E-state index in [0.29, 0.717) is 16.5 Å². The Bertz CT molecular complexity index is 1050. The van der Waals surface area contributed by atoms with Crippen molar-refractivity contribution in [2.24, 2.45) is 0 Å². The van der Waals surface area contributed by atoms with Gasteiger partial charge in [-0.1, -0.05) is 16.8 Å². The summed E-state index contributed by atoms with van der Waals surface area (Å²) in [6.45, 7) is 1.73. The van der Waals surface area contributed by atoms with Gasteiger partial charge in [-0.25, -0.2) is 0 Å². The molecule has 6 nitrogen and oxygen atoms in total. The van der Waals surface area contributed by atoms with Crippen LogP contribution in [-0.4, -0.2) is 21.0 Å². The molecule has 4 aromatic rings. The lowest BCUT2D eigenvalue weighted by molar-refractivity contribution is 0.101. The van der Waals surface area contributed by atoms with E-state index in [1.165, 1.54) is 0 Å². The van der Waals surface area contributed by atoms with Gasteiger partial charge in [0.2, 0.25) is 0 Å². The molecule has 2 N–H and O–H groups in total. The molecule has 3 heterocycles. The third-order valence-corrected chi connectivity index (χ3v) is 3.80.